The van der Waals surface area contributed by atoms with Crippen molar-refractivity contribution in [2.75, 3.05) is 0 Å². The van der Waals surface area contributed by atoms with Gasteiger partial charge in [-0.15, -0.1) is 0 Å². The summed E-state index contributed by atoms with van der Waals surface area (Å²) >= 11 is -62.1. The number of hydrogen-bond acceptors (Lipinski definition) is 15. The number of halogens is 30. The van der Waals surface area contributed by atoms with Crippen LogP contribution < -0.4 is 24.6 Å². The minimum absolute atomic E-state index is 0. The van der Waals surface area contributed by atoms with Gasteiger partial charge >= 0.3 is 262 Å². The number of rotatable bonds is 10. The molecule has 0 aromatic rings. The van der Waals surface area contributed by atoms with Crippen LogP contribution in [-0.4, -0.2) is 0 Å². The van der Waals surface area contributed by atoms with Gasteiger partial charge in [0.1, 0.15) is 0 Å². The SMILES string of the molecule is [N+].[N+].[N+].[N+].[O]=[Ti-4]([F])([F])([F])([F])([O]F)[O]F.[O]=[Ti]([F])([F])([F])([F])([O]F)[O]F.[O]=[Ti]([F])([F])([F])([F])([O]F)[O]F.[O]=[Ti]([F])([F])([F])([F])([O]F)[O]F.[O]=[Ti]([F])([F])([F])([F])([O]F)[O]F. The topological polar surface area (TPSA) is 300 Å². The number of hydrogen-bond donors (Lipinski definition) is 0. The quantitative estimate of drug-likeness (QED) is 0.145. The van der Waals surface area contributed by atoms with Crippen LogP contribution in [0.4, 0.5) is 107 Å². The van der Waals surface area contributed by atoms with Gasteiger partial charge in [0.25, 0.3) is 0 Å². The first-order valence-electron chi connectivity index (χ1n) is 8.38. The third kappa shape index (κ3) is 37.5. The van der Waals surface area contributed by atoms with E-state index < -0.39 is 78.2 Å². The molecule has 0 saturated heterocycles. The molecule has 0 amide bonds. The molecule has 0 aliphatic heterocycles. The normalized spacial score (nSPS) is 22.2. The molecule has 0 fully saturated rings. The molecule has 0 aliphatic carbocycles. The van der Waals surface area contributed by atoms with E-state index >= 15 is 0 Å². The van der Waals surface area contributed by atoms with Gasteiger partial charge in [0.05, 0.1) is 0 Å². The van der Waals surface area contributed by atoms with Crippen molar-refractivity contribution in [3.8, 4) is 0 Å². The van der Waals surface area contributed by atoms with E-state index in [2.05, 4.69) is 0 Å². The van der Waals surface area contributed by atoms with Crippen molar-refractivity contribution in [1.29, 1.82) is 0 Å². The first kappa shape index (κ1) is 74.8. The van der Waals surface area contributed by atoms with E-state index in [-0.39, 0.29) is 24.6 Å². The van der Waals surface area contributed by atoms with Gasteiger partial charge in [-0.25, -0.2) is 0 Å². The Balaban J connectivity index is -0.0000000657. The molecular formula is F30N4O15Ti5. The van der Waals surface area contributed by atoms with Crippen LogP contribution >= 0.6 is 0 Å². The molecule has 54 heavy (non-hydrogen) atoms. The first-order valence-corrected chi connectivity index (χ1v) is 29.8. The average Bonchev–Trinajstić information content (AvgIpc) is 2.84. The Morgan fingerprint density at radius 3 is 0.352 bits per heavy atom. The third-order valence-corrected chi connectivity index (χ3v) is 7.41. The van der Waals surface area contributed by atoms with E-state index in [1.54, 1.807) is 0 Å². The molecule has 0 rings (SSSR count). The van der Waals surface area contributed by atoms with Crippen LogP contribution in [0, 0.1) is 0 Å². The van der Waals surface area contributed by atoms with Crippen LogP contribution in [0.2, 0.25) is 0 Å². The van der Waals surface area contributed by atoms with Crippen LogP contribution in [-0.2, 0) is 130 Å². The summed E-state index contributed by atoms with van der Waals surface area (Å²) in [5, 5.41) is 0. The molecule has 16 radical (unpaired) electrons. The van der Waals surface area contributed by atoms with Crippen LogP contribution in [0.1, 0.15) is 0 Å². The van der Waals surface area contributed by atoms with Crippen molar-refractivity contribution in [3.63, 3.8) is 0 Å². The molecule has 0 aromatic heterocycles. The summed E-state index contributed by atoms with van der Waals surface area (Å²) in [6.07, 6.45) is 0. The van der Waals surface area contributed by atoms with Crippen molar-refractivity contribution in [3.05, 3.63) is 0 Å². The van der Waals surface area contributed by atoms with E-state index in [0.717, 1.165) is 0 Å². The van der Waals surface area contributed by atoms with Crippen LogP contribution in [0.25, 0.3) is 0 Å². The van der Waals surface area contributed by atoms with E-state index in [1.807, 2.05) is 0 Å². The molecule has 0 atom stereocenters. The summed E-state index contributed by atoms with van der Waals surface area (Å²) in [5.74, 6) is 0. The maximum absolute atomic E-state index is 12.4. The Morgan fingerprint density at radius 1 is 0.278 bits per heavy atom. The second kappa shape index (κ2) is 10.8. The predicted molar refractivity (Wildman–Crippen MR) is 56.1 cm³/mol. The van der Waals surface area contributed by atoms with Gasteiger partial charge in [0.15, 0.2) is 0 Å². The second-order valence-corrected chi connectivity index (χ2v) is 36.3. The van der Waals surface area contributed by atoms with Gasteiger partial charge in [0, 0.05) is 0 Å². The van der Waals surface area contributed by atoms with Crippen molar-refractivity contribution in [2.24, 2.45) is 0 Å². The summed E-state index contributed by atoms with van der Waals surface area (Å²) < 4.78 is 374. The molecular weight excluding hydrogens is 1110 g/mol. The molecule has 0 heterocycles. The standard InChI is InChI=1S/10FO.20FH.4N.5O.5Ti/c10*1-2;;;;;;;;;;;;;;;;;;;;;;;;;;;;;;;;;;/h;;;;;;;;;;20*1H;;;;;;;;;;;;;;/q10*-1;;;;;;;;;;;;;;;;;;;;;4*+1;;;;;;+2;4*+6/p-20. The molecule has 0 saturated carbocycles. The Bertz CT molecular complexity index is 1540. The van der Waals surface area contributed by atoms with Crippen LogP contribution in [0.5, 0.6) is 0 Å². The van der Waals surface area contributed by atoms with Crippen LogP contribution in [0.15, 0.2) is 0 Å². The second-order valence-electron chi connectivity index (χ2n) is 8.79. The Labute approximate surface area is 260 Å². The third-order valence-electron chi connectivity index (χ3n) is 1.80. The molecule has 54 heteroatoms. The first-order chi connectivity index (χ1) is 19.2. The summed E-state index contributed by atoms with van der Waals surface area (Å²) in [7, 11) is 0. The molecule has 340 valence electrons. The van der Waals surface area contributed by atoms with Crippen LogP contribution in [0.3, 0.4) is 0 Å². The van der Waals surface area contributed by atoms with Crippen molar-refractivity contribution < 1.29 is 237 Å². The van der Waals surface area contributed by atoms with E-state index in [1.165, 1.54) is 0 Å². The Morgan fingerprint density at radius 2 is 0.352 bits per heavy atom. The zero-order valence-electron chi connectivity index (χ0n) is 21.8. The van der Waals surface area contributed by atoms with Gasteiger partial charge in [0.2, 0.25) is 0 Å². The van der Waals surface area contributed by atoms with Gasteiger partial charge in [-0.05, 0) is 0 Å². The molecule has 0 spiro atoms. The van der Waals surface area contributed by atoms with E-state index in [9.17, 15) is 107 Å². The van der Waals surface area contributed by atoms with Crippen molar-refractivity contribution >= 4 is 0 Å². The zero-order valence-corrected chi connectivity index (χ0v) is 29.6. The summed E-state index contributed by atoms with van der Waals surface area (Å²) in [4.78, 5) is 0. The monoisotopic (exact) mass is 1110 g/mol. The Kier molecular flexibility index (Phi) is 15.0. The summed E-state index contributed by atoms with van der Waals surface area (Å²) in [6, 6.07) is 0. The molecule has 0 aliphatic rings. The van der Waals surface area contributed by atoms with Gasteiger partial charge in [-0.2, -0.15) is 0 Å². The average molecular weight is 1110 g/mol. The zero-order chi connectivity index (χ0) is 44.0. The maximum atomic E-state index is 11.0. The Hall–Kier alpha value is -0.0886. The van der Waals surface area contributed by atoms with Gasteiger partial charge < -0.3 is 0 Å². The van der Waals surface area contributed by atoms with E-state index in [4.69, 9.17) is 16.6 Å². The molecule has 0 bridgehead atoms. The predicted octanol–water partition coefficient (Wildman–Crippen LogP) is 9.39. The fourth-order valence-electron chi connectivity index (χ4n) is 0.0595. The molecule has 0 aromatic carbocycles. The fraction of sp³-hybridized carbons (Fsp3) is 0. The molecule has 19 nitrogen and oxygen atoms in total. The van der Waals surface area contributed by atoms with Gasteiger partial charge in [-0.1, -0.05) is 0 Å². The fourth-order valence-corrected chi connectivity index (χ4v) is 0.245. The molecule has 0 N–H and O–H groups in total. The summed E-state index contributed by atoms with van der Waals surface area (Å²) in [5.41, 5.74) is 0. The van der Waals surface area contributed by atoms with Crippen molar-refractivity contribution in [2.45, 2.75) is 0 Å². The van der Waals surface area contributed by atoms with E-state index in [0.29, 0.717) is 35.2 Å². The summed E-state index contributed by atoms with van der Waals surface area (Å²) in [6.45, 7) is 0. The van der Waals surface area contributed by atoms with Gasteiger partial charge in [-0.3, -0.25) is 0 Å². The van der Waals surface area contributed by atoms with Crippen molar-refractivity contribution in [1.82, 2.24) is 24.6 Å². The minimum atomic E-state index is -12.4. The molecule has 0 unspecified atom stereocenters. The number of nitrogens with zero attached hydrogens (tertiary/aromatic N) is 4.